The highest BCUT2D eigenvalue weighted by Crippen LogP contribution is 2.17. The summed E-state index contributed by atoms with van der Waals surface area (Å²) < 4.78 is 36.2. The molecule has 0 fully saturated rings. The van der Waals surface area contributed by atoms with E-state index in [9.17, 15) is 13.2 Å². The molecule has 0 radical (unpaired) electrons. The van der Waals surface area contributed by atoms with Gasteiger partial charge < -0.3 is 22.0 Å². The molecule has 8 nitrogen and oxygen atoms in total. The largest absolute Gasteiger partial charge is 0.409 e. The predicted molar refractivity (Wildman–Crippen MR) is 90.8 cm³/mol. The van der Waals surface area contributed by atoms with Crippen molar-refractivity contribution >= 4 is 29.4 Å². The van der Waals surface area contributed by atoms with Crippen LogP contribution >= 0.6 is 11.8 Å². The van der Waals surface area contributed by atoms with E-state index in [1.54, 1.807) is 0 Å². The van der Waals surface area contributed by atoms with Crippen LogP contribution in [-0.4, -0.2) is 45.4 Å². The zero-order valence-electron chi connectivity index (χ0n) is 13.3. The molecule has 1 aromatic rings. The summed E-state index contributed by atoms with van der Waals surface area (Å²) in [5, 5.41) is 14.3. The second kappa shape index (κ2) is 10.6. The van der Waals surface area contributed by atoms with E-state index in [2.05, 4.69) is 25.4 Å². The number of oxime groups is 1. The van der Waals surface area contributed by atoms with Gasteiger partial charge in [0.05, 0.1) is 0 Å². The molecule has 1 aromatic heterocycles. The molecular weight excluding hydrogens is 359 g/mol. The number of alkyl halides is 3. The Morgan fingerprint density at radius 1 is 1.28 bits per heavy atom. The molecule has 1 heterocycles. The van der Waals surface area contributed by atoms with Crippen LogP contribution in [0.4, 0.5) is 19.0 Å². The van der Waals surface area contributed by atoms with Crippen LogP contribution in [0.3, 0.4) is 0 Å². The number of nitrogens with two attached hydrogens (primary N) is 2. The predicted octanol–water partition coefficient (Wildman–Crippen LogP) is 2.16. The number of hydrogen-bond acceptors (Lipinski definition) is 6. The number of thioether (sulfide) groups is 1. The second-order valence-corrected chi connectivity index (χ2v) is 5.98. The summed E-state index contributed by atoms with van der Waals surface area (Å²) in [5.41, 5.74) is 10.8. The molecule has 0 spiro atoms. The molecule has 0 aromatic carbocycles. The van der Waals surface area contributed by atoms with Crippen molar-refractivity contribution < 1.29 is 18.4 Å². The number of nitrogens with zero attached hydrogens (tertiary/aromatic N) is 4. The Morgan fingerprint density at radius 2 is 2.04 bits per heavy atom. The minimum absolute atomic E-state index is 0.208. The van der Waals surface area contributed by atoms with Gasteiger partial charge in [-0.2, -0.15) is 13.2 Å². The van der Waals surface area contributed by atoms with Crippen LogP contribution in [0.5, 0.6) is 0 Å². The quantitative estimate of drug-likeness (QED) is 0.0982. The molecular formula is C13H20F3N7OS. The van der Waals surface area contributed by atoms with Gasteiger partial charge in [0.15, 0.2) is 11.1 Å². The number of aromatic nitrogens is 2. The smallest absolute Gasteiger partial charge is 0.408 e. The molecule has 0 bridgehead atoms. The molecule has 1 rings (SSSR count). The third-order valence-corrected chi connectivity index (χ3v) is 3.70. The van der Waals surface area contributed by atoms with Gasteiger partial charge in [0, 0.05) is 18.4 Å². The summed E-state index contributed by atoms with van der Waals surface area (Å²) in [6, 6.07) is 1.48. The van der Waals surface area contributed by atoms with Gasteiger partial charge in [0.25, 0.3) is 0 Å². The number of unbranched alkanes of at least 4 members (excludes halogenated alkanes) is 2. The third-order valence-electron chi connectivity index (χ3n) is 2.76. The summed E-state index contributed by atoms with van der Waals surface area (Å²) in [4.78, 5) is 11.4. The fourth-order valence-electron chi connectivity index (χ4n) is 1.62. The third kappa shape index (κ3) is 10.3. The van der Waals surface area contributed by atoms with Crippen LogP contribution < -0.4 is 16.8 Å². The first-order chi connectivity index (χ1) is 11.8. The number of hydrogen-bond donors (Lipinski definition) is 4. The molecule has 0 aliphatic heterocycles. The lowest BCUT2D eigenvalue weighted by atomic mass is 10.2. The molecule has 0 saturated carbocycles. The van der Waals surface area contributed by atoms with Crippen LogP contribution in [0, 0.1) is 0 Å². The number of anilines is 1. The summed E-state index contributed by atoms with van der Waals surface area (Å²) in [6.07, 6.45) is 0.205. The highest BCUT2D eigenvalue weighted by Gasteiger charge is 2.26. The van der Waals surface area contributed by atoms with Crippen LogP contribution in [0.25, 0.3) is 0 Å². The normalized spacial score (nSPS) is 13.1. The molecule has 0 amide bonds. The Morgan fingerprint density at radius 3 is 2.72 bits per heavy atom. The number of guanidine groups is 1. The van der Waals surface area contributed by atoms with Crippen molar-refractivity contribution in [1.29, 1.82) is 0 Å². The fraction of sp³-hybridized carbons (Fsp3) is 0.538. The van der Waals surface area contributed by atoms with Crippen molar-refractivity contribution in [3.63, 3.8) is 0 Å². The first-order valence-electron chi connectivity index (χ1n) is 7.36. The summed E-state index contributed by atoms with van der Waals surface area (Å²) in [7, 11) is 0. The number of aliphatic imine (C=N–C) groups is 1. The molecule has 0 aliphatic rings. The van der Waals surface area contributed by atoms with Gasteiger partial charge in [-0.15, -0.1) is 0 Å². The Hall–Kier alpha value is -2.24. The van der Waals surface area contributed by atoms with Gasteiger partial charge in [-0.1, -0.05) is 23.3 Å². The molecule has 25 heavy (non-hydrogen) atoms. The van der Waals surface area contributed by atoms with Crippen molar-refractivity contribution in [3.8, 4) is 0 Å². The maximum absolute atomic E-state index is 12.1. The minimum atomic E-state index is -4.41. The maximum Gasteiger partial charge on any atom is 0.408 e. The highest BCUT2D eigenvalue weighted by atomic mass is 32.2. The van der Waals surface area contributed by atoms with Crippen molar-refractivity contribution in [1.82, 2.24) is 9.97 Å². The minimum Gasteiger partial charge on any atom is -0.409 e. The molecule has 0 saturated heterocycles. The average Bonchev–Trinajstić information content (AvgIpc) is 2.55. The van der Waals surface area contributed by atoms with Crippen molar-refractivity contribution in [2.75, 3.05) is 17.6 Å². The van der Waals surface area contributed by atoms with E-state index in [1.807, 2.05) is 0 Å². The van der Waals surface area contributed by atoms with Gasteiger partial charge in [-0.3, -0.25) is 0 Å². The second-order valence-electron chi connectivity index (χ2n) is 4.92. The van der Waals surface area contributed by atoms with E-state index in [1.165, 1.54) is 24.0 Å². The standard InChI is InChI=1S/C13H20F3N7OS/c14-13(15,16)8-20-11(18)21-10-5-6-19-12(22-10)25-7-3-1-2-4-9(17)23-24/h5-6,24H,1-4,7-8H2,(H2,17,23)(H3,18,19,20,21,22). The number of amidine groups is 1. The van der Waals surface area contributed by atoms with Gasteiger partial charge in [-0.25, -0.2) is 15.0 Å². The molecule has 6 N–H and O–H groups in total. The number of nitrogens with one attached hydrogen (secondary N) is 1. The lowest BCUT2D eigenvalue weighted by Crippen LogP contribution is -2.26. The zero-order chi connectivity index (χ0) is 18.7. The van der Waals surface area contributed by atoms with E-state index in [0.29, 0.717) is 11.6 Å². The van der Waals surface area contributed by atoms with Crippen LogP contribution in [0.2, 0.25) is 0 Å². The number of rotatable bonds is 9. The van der Waals surface area contributed by atoms with Gasteiger partial charge in [0.2, 0.25) is 0 Å². The lowest BCUT2D eigenvalue weighted by molar-refractivity contribution is -0.118. The lowest BCUT2D eigenvalue weighted by Gasteiger charge is -2.07. The molecule has 12 heteroatoms. The first kappa shape index (κ1) is 20.8. The first-order valence-corrected chi connectivity index (χ1v) is 8.34. The van der Waals surface area contributed by atoms with Crippen molar-refractivity contribution in [2.24, 2.45) is 21.6 Å². The highest BCUT2D eigenvalue weighted by molar-refractivity contribution is 7.99. The zero-order valence-corrected chi connectivity index (χ0v) is 14.1. The van der Waals surface area contributed by atoms with E-state index in [0.717, 1.165) is 25.0 Å². The van der Waals surface area contributed by atoms with E-state index < -0.39 is 12.7 Å². The average molecular weight is 379 g/mol. The van der Waals surface area contributed by atoms with Gasteiger partial charge in [0.1, 0.15) is 18.2 Å². The van der Waals surface area contributed by atoms with Crippen LogP contribution in [-0.2, 0) is 0 Å². The monoisotopic (exact) mass is 379 g/mol. The summed E-state index contributed by atoms with van der Waals surface area (Å²) in [5.74, 6) is 0.875. The maximum atomic E-state index is 12.1. The van der Waals surface area contributed by atoms with E-state index in [-0.39, 0.29) is 17.6 Å². The Labute approximate surface area is 147 Å². The van der Waals surface area contributed by atoms with E-state index in [4.69, 9.17) is 16.7 Å². The van der Waals surface area contributed by atoms with Crippen molar-refractivity contribution in [3.05, 3.63) is 12.3 Å². The Bertz CT molecular complexity index is 595. The molecule has 0 unspecified atom stereocenters. The molecule has 140 valence electrons. The van der Waals surface area contributed by atoms with Crippen LogP contribution in [0.15, 0.2) is 27.6 Å². The Kier molecular flexibility index (Phi) is 8.81. The fourth-order valence-corrected chi connectivity index (χ4v) is 2.45. The topological polar surface area (TPSA) is 135 Å². The summed E-state index contributed by atoms with van der Waals surface area (Å²) >= 11 is 1.41. The van der Waals surface area contributed by atoms with Crippen LogP contribution in [0.1, 0.15) is 25.7 Å². The van der Waals surface area contributed by atoms with E-state index >= 15 is 0 Å². The van der Waals surface area contributed by atoms with Gasteiger partial charge >= 0.3 is 6.18 Å². The molecule has 0 aliphatic carbocycles. The molecule has 0 atom stereocenters. The SMILES string of the molecule is NC(CCCCCSc1nccc(NC(N)=NCC(F)(F)F)n1)=NO. The van der Waals surface area contributed by atoms with Crippen molar-refractivity contribution in [2.45, 2.75) is 37.0 Å². The summed E-state index contributed by atoms with van der Waals surface area (Å²) in [6.45, 7) is -1.36. The Balaban J connectivity index is 2.37. The number of halogens is 3. The van der Waals surface area contributed by atoms with Gasteiger partial charge in [-0.05, 0) is 18.9 Å².